The van der Waals surface area contributed by atoms with Crippen LogP contribution in [-0.4, -0.2) is 70.9 Å². The highest BCUT2D eigenvalue weighted by molar-refractivity contribution is 5.83. The highest BCUT2D eigenvalue weighted by atomic mass is 16.2. The normalized spacial score (nSPS) is 15.2. The summed E-state index contributed by atoms with van der Waals surface area (Å²) in [6, 6.07) is 0. The van der Waals surface area contributed by atoms with E-state index in [9.17, 15) is 24.0 Å². The fourth-order valence-corrected chi connectivity index (χ4v) is 3.16. The van der Waals surface area contributed by atoms with Gasteiger partial charge in [0.15, 0.2) is 0 Å². The van der Waals surface area contributed by atoms with Crippen molar-refractivity contribution >= 4 is 29.5 Å². The highest BCUT2D eigenvalue weighted by Gasteiger charge is 2.31. The maximum absolute atomic E-state index is 12.8. The molecule has 5 amide bonds. The predicted molar refractivity (Wildman–Crippen MR) is 115 cm³/mol. The van der Waals surface area contributed by atoms with Gasteiger partial charge < -0.3 is 25.3 Å². The monoisotopic (exact) mass is 439 g/mol. The van der Waals surface area contributed by atoms with Crippen molar-refractivity contribution in [3.05, 3.63) is 0 Å². The third kappa shape index (κ3) is 8.18. The molecule has 1 atom stereocenters. The number of carbonyl (C=O) groups is 5. The Balaban J connectivity index is 2.64. The van der Waals surface area contributed by atoms with E-state index in [0.29, 0.717) is 12.8 Å². The van der Waals surface area contributed by atoms with Crippen molar-refractivity contribution < 1.29 is 24.0 Å². The summed E-state index contributed by atoms with van der Waals surface area (Å²) in [6.07, 6.45) is 1.02. The fraction of sp³-hybridized carbons (Fsp3) is 0.762. The molecule has 176 valence electrons. The second kappa shape index (κ2) is 12.3. The van der Waals surface area contributed by atoms with Crippen LogP contribution in [0.3, 0.4) is 0 Å². The molecule has 0 radical (unpaired) electrons. The lowest BCUT2D eigenvalue weighted by Gasteiger charge is -2.42. The standard InChI is InChI=1S/C21H37N5O5/c1-7-17(20(30)23-10-22-19(29)14(2)3)8-9-18(28)25-11-24(16(6)27)12-26(13-25)21(31)15(4)5/h14-15,17H,7-13H2,1-6H3,(H,22,29)(H,23,30). The molecule has 0 aromatic heterocycles. The molecular weight excluding hydrogens is 402 g/mol. The molecule has 0 aromatic carbocycles. The van der Waals surface area contributed by atoms with Crippen LogP contribution < -0.4 is 10.6 Å². The quantitative estimate of drug-likeness (QED) is 0.512. The first-order chi connectivity index (χ1) is 14.5. The van der Waals surface area contributed by atoms with Crippen molar-refractivity contribution in [3.63, 3.8) is 0 Å². The summed E-state index contributed by atoms with van der Waals surface area (Å²) >= 11 is 0. The molecule has 1 fully saturated rings. The number of hydrogen-bond donors (Lipinski definition) is 2. The second-order valence-electron chi connectivity index (χ2n) is 8.51. The van der Waals surface area contributed by atoms with E-state index in [4.69, 9.17) is 0 Å². The highest BCUT2D eigenvalue weighted by Crippen LogP contribution is 2.16. The van der Waals surface area contributed by atoms with Gasteiger partial charge in [-0.05, 0) is 12.8 Å². The molecule has 0 spiro atoms. The van der Waals surface area contributed by atoms with E-state index < -0.39 is 0 Å². The maximum atomic E-state index is 12.8. The summed E-state index contributed by atoms with van der Waals surface area (Å²) in [6.45, 7) is 10.8. The first kappa shape index (κ1) is 26.4. The van der Waals surface area contributed by atoms with Gasteiger partial charge in [-0.25, -0.2) is 0 Å². The van der Waals surface area contributed by atoms with Gasteiger partial charge in [-0.1, -0.05) is 34.6 Å². The summed E-state index contributed by atoms with van der Waals surface area (Å²) in [4.78, 5) is 65.4. The summed E-state index contributed by atoms with van der Waals surface area (Å²) in [5.74, 6) is -1.71. The van der Waals surface area contributed by atoms with E-state index in [0.717, 1.165) is 0 Å². The molecule has 1 heterocycles. The van der Waals surface area contributed by atoms with Crippen LogP contribution in [0, 0.1) is 17.8 Å². The Morgan fingerprint density at radius 1 is 0.806 bits per heavy atom. The van der Waals surface area contributed by atoms with Crippen LogP contribution in [0.25, 0.3) is 0 Å². The van der Waals surface area contributed by atoms with Crippen LogP contribution in [0.1, 0.15) is 60.8 Å². The number of carbonyl (C=O) groups excluding carboxylic acids is 5. The van der Waals surface area contributed by atoms with Crippen LogP contribution in [-0.2, 0) is 24.0 Å². The smallest absolute Gasteiger partial charge is 0.227 e. The summed E-state index contributed by atoms with van der Waals surface area (Å²) in [7, 11) is 0. The third-order valence-electron chi connectivity index (χ3n) is 5.25. The van der Waals surface area contributed by atoms with Gasteiger partial charge in [0.2, 0.25) is 29.5 Å². The van der Waals surface area contributed by atoms with Crippen LogP contribution in [0.2, 0.25) is 0 Å². The Kier molecular flexibility index (Phi) is 10.4. The van der Waals surface area contributed by atoms with Crippen molar-refractivity contribution in [2.75, 3.05) is 26.7 Å². The molecule has 1 saturated heterocycles. The lowest BCUT2D eigenvalue weighted by molar-refractivity contribution is -0.159. The fourth-order valence-electron chi connectivity index (χ4n) is 3.16. The van der Waals surface area contributed by atoms with Gasteiger partial charge >= 0.3 is 0 Å². The topological polar surface area (TPSA) is 119 Å². The van der Waals surface area contributed by atoms with E-state index in [-0.39, 0.29) is 80.4 Å². The molecule has 0 bridgehead atoms. The zero-order valence-corrected chi connectivity index (χ0v) is 19.6. The van der Waals surface area contributed by atoms with E-state index in [1.165, 1.54) is 21.6 Å². The first-order valence-electron chi connectivity index (χ1n) is 10.8. The van der Waals surface area contributed by atoms with Crippen molar-refractivity contribution in [1.29, 1.82) is 0 Å². The number of nitrogens with one attached hydrogen (secondary N) is 2. The van der Waals surface area contributed by atoms with Crippen LogP contribution in [0.15, 0.2) is 0 Å². The van der Waals surface area contributed by atoms with Crippen LogP contribution >= 0.6 is 0 Å². The lowest BCUT2D eigenvalue weighted by Crippen LogP contribution is -2.59. The predicted octanol–water partition coefficient (Wildman–Crippen LogP) is 0.687. The first-order valence-corrected chi connectivity index (χ1v) is 10.8. The average molecular weight is 440 g/mol. The molecule has 10 nitrogen and oxygen atoms in total. The van der Waals surface area contributed by atoms with Crippen molar-refractivity contribution in [2.45, 2.75) is 60.8 Å². The Hall–Kier alpha value is -2.65. The molecule has 1 aliphatic rings. The molecule has 0 aliphatic carbocycles. The Bertz CT molecular complexity index is 679. The molecule has 1 aliphatic heterocycles. The van der Waals surface area contributed by atoms with Gasteiger partial charge in [0.05, 0.1) is 26.7 Å². The zero-order valence-electron chi connectivity index (χ0n) is 19.6. The van der Waals surface area contributed by atoms with Gasteiger partial charge in [-0.3, -0.25) is 24.0 Å². The van der Waals surface area contributed by atoms with Gasteiger partial charge in [0.1, 0.15) is 0 Å². The zero-order chi connectivity index (χ0) is 23.7. The molecule has 0 saturated carbocycles. The van der Waals surface area contributed by atoms with E-state index in [1.807, 2.05) is 6.92 Å². The Labute approximate surface area is 184 Å². The molecular formula is C21H37N5O5. The van der Waals surface area contributed by atoms with E-state index in [1.54, 1.807) is 27.7 Å². The Morgan fingerprint density at radius 3 is 1.87 bits per heavy atom. The van der Waals surface area contributed by atoms with Crippen molar-refractivity contribution in [3.8, 4) is 0 Å². The summed E-state index contributed by atoms with van der Waals surface area (Å²) in [5.41, 5.74) is 0. The number of hydrogen-bond acceptors (Lipinski definition) is 5. The number of nitrogens with zero attached hydrogens (tertiary/aromatic N) is 3. The Morgan fingerprint density at radius 2 is 1.35 bits per heavy atom. The minimum Gasteiger partial charge on any atom is -0.338 e. The SMILES string of the molecule is CCC(CCC(=O)N1CN(C(C)=O)CN(C(=O)C(C)C)C1)C(=O)NCNC(=O)C(C)C. The summed E-state index contributed by atoms with van der Waals surface area (Å²) in [5, 5.41) is 5.31. The van der Waals surface area contributed by atoms with Gasteiger partial charge in [-0.2, -0.15) is 0 Å². The molecule has 2 N–H and O–H groups in total. The average Bonchev–Trinajstić information content (AvgIpc) is 2.72. The summed E-state index contributed by atoms with van der Waals surface area (Å²) < 4.78 is 0. The second-order valence-corrected chi connectivity index (χ2v) is 8.51. The molecule has 31 heavy (non-hydrogen) atoms. The van der Waals surface area contributed by atoms with Gasteiger partial charge in [0.25, 0.3) is 0 Å². The van der Waals surface area contributed by atoms with E-state index >= 15 is 0 Å². The molecule has 0 aromatic rings. The molecule has 1 rings (SSSR count). The van der Waals surface area contributed by atoms with Gasteiger partial charge in [-0.15, -0.1) is 0 Å². The minimum absolute atomic E-state index is 0.0479. The molecule has 1 unspecified atom stereocenters. The van der Waals surface area contributed by atoms with Crippen LogP contribution in [0.5, 0.6) is 0 Å². The maximum Gasteiger partial charge on any atom is 0.227 e. The number of rotatable bonds is 9. The van der Waals surface area contributed by atoms with E-state index in [2.05, 4.69) is 10.6 Å². The number of amides is 5. The minimum atomic E-state index is -0.373. The van der Waals surface area contributed by atoms with Gasteiger partial charge in [0, 0.05) is 31.1 Å². The third-order valence-corrected chi connectivity index (χ3v) is 5.25. The van der Waals surface area contributed by atoms with Crippen LogP contribution in [0.4, 0.5) is 0 Å². The van der Waals surface area contributed by atoms with Crippen molar-refractivity contribution in [2.24, 2.45) is 17.8 Å². The lowest BCUT2D eigenvalue weighted by atomic mass is 9.99. The van der Waals surface area contributed by atoms with Crippen molar-refractivity contribution in [1.82, 2.24) is 25.3 Å². The largest absolute Gasteiger partial charge is 0.338 e. The molecule has 10 heteroatoms.